The van der Waals surface area contributed by atoms with E-state index in [4.69, 9.17) is 0 Å². The van der Waals surface area contributed by atoms with Gasteiger partial charge in [0.25, 0.3) is 20.2 Å². The second kappa shape index (κ2) is 17.2. The van der Waals surface area contributed by atoms with Gasteiger partial charge in [-0.05, 0) is 129 Å². The van der Waals surface area contributed by atoms with E-state index < -0.39 is 20.2 Å². The first-order chi connectivity index (χ1) is 25.7. The van der Waals surface area contributed by atoms with E-state index in [0.29, 0.717) is 26.2 Å². The van der Waals surface area contributed by atoms with Gasteiger partial charge in [0.05, 0.1) is 9.79 Å². The third kappa shape index (κ3) is 9.51. The molecule has 286 valence electrons. The summed E-state index contributed by atoms with van der Waals surface area (Å²) in [7, 11) is -8.61. The third-order valence-electron chi connectivity index (χ3n) is 10.0. The highest BCUT2D eigenvalue weighted by Crippen LogP contribution is 2.38. The fourth-order valence-corrected chi connectivity index (χ4v) is 8.36. The maximum atomic E-state index is 11.8. The minimum atomic E-state index is -4.30. The van der Waals surface area contributed by atoms with E-state index in [2.05, 4.69) is 117 Å². The summed E-state index contributed by atoms with van der Waals surface area (Å²) >= 11 is 0. The third-order valence-corrected chi connectivity index (χ3v) is 11.7. The molecule has 5 rings (SSSR count). The predicted molar refractivity (Wildman–Crippen MR) is 219 cm³/mol. The zero-order chi connectivity index (χ0) is 39.2. The van der Waals surface area contributed by atoms with Crippen LogP contribution in [0.4, 0.5) is 17.1 Å². The molecule has 5 aromatic carbocycles. The highest BCUT2D eigenvalue weighted by molar-refractivity contribution is 7.86. The Hall–Kier alpha value is -4.68. The van der Waals surface area contributed by atoms with Crippen LogP contribution in [0.3, 0.4) is 0 Å². The number of nitrogens with zero attached hydrogens (tertiary/aromatic N) is 3. The Bertz CT molecular complexity index is 2150. The molecule has 5 aromatic rings. The van der Waals surface area contributed by atoms with Gasteiger partial charge in [-0.15, -0.1) is 0 Å². The van der Waals surface area contributed by atoms with Crippen LogP contribution in [-0.2, 0) is 33.3 Å². The molecular formula is C43H51N3O6S2. The van der Waals surface area contributed by atoms with E-state index in [0.717, 1.165) is 63.4 Å². The summed E-state index contributed by atoms with van der Waals surface area (Å²) in [5.74, 6) is -0.0701. The van der Waals surface area contributed by atoms with Gasteiger partial charge in [-0.25, -0.2) is 0 Å². The first-order valence-corrected chi connectivity index (χ1v) is 21.2. The van der Waals surface area contributed by atoms with Gasteiger partial charge in [-0.2, -0.15) is 16.8 Å². The van der Waals surface area contributed by atoms with Gasteiger partial charge in [0.2, 0.25) is 0 Å². The fourth-order valence-electron chi connectivity index (χ4n) is 7.25. The van der Waals surface area contributed by atoms with Crippen molar-refractivity contribution in [1.82, 2.24) is 0 Å². The van der Waals surface area contributed by atoms with Crippen molar-refractivity contribution in [3.63, 3.8) is 0 Å². The molecule has 0 unspecified atom stereocenters. The van der Waals surface area contributed by atoms with Crippen LogP contribution in [0.1, 0.15) is 72.6 Å². The smallest absolute Gasteiger partial charge is 0.294 e. The van der Waals surface area contributed by atoms with Crippen LogP contribution in [0.2, 0.25) is 0 Å². The lowest BCUT2D eigenvalue weighted by Gasteiger charge is -2.29. The molecular weight excluding hydrogens is 719 g/mol. The van der Waals surface area contributed by atoms with Crippen molar-refractivity contribution < 1.29 is 25.9 Å². The van der Waals surface area contributed by atoms with Crippen molar-refractivity contribution in [3.05, 3.63) is 148 Å². The maximum Gasteiger partial charge on any atom is 0.294 e. The van der Waals surface area contributed by atoms with Gasteiger partial charge in [-0.1, -0.05) is 60.7 Å². The molecule has 54 heavy (non-hydrogen) atoms. The Labute approximate surface area is 321 Å². The normalized spacial score (nSPS) is 11.9. The van der Waals surface area contributed by atoms with Crippen molar-refractivity contribution >= 4 is 37.3 Å². The number of rotatable bonds is 16. The second-order valence-electron chi connectivity index (χ2n) is 13.6. The SMILES string of the molecule is CCN(CC)c1ccc(C(c2ccc(N(CC)Cc3cccc(S(=O)(=O)O)c3)c(C)c2)c2ccc(N(CC)Cc3cccc(S(=O)(=O)O)c3)c(C)c2)cc1. The van der Waals surface area contributed by atoms with Gasteiger partial charge >= 0.3 is 0 Å². The first kappa shape index (κ1) is 40.5. The Morgan fingerprint density at radius 2 is 0.889 bits per heavy atom. The van der Waals surface area contributed by atoms with Crippen molar-refractivity contribution in [1.29, 1.82) is 0 Å². The molecule has 0 saturated heterocycles. The molecule has 0 fully saturated rings. The summed E-state index contributed by atoms with van der Waals surface area (Å²) < 4.78 is 66.4. The monoisotopic (exact) mass is 769 g/mol. The lowest BCUT2D eigenvalue weighted by molar-refractivity contribution is 0.481. The summed E-state index contributed by atoms with van der Waals surface area (Å²) in [6.07, 6.45) is 0. The average molecular weight is 770 g/mol. The first-order valence-electron chi connectivity index (χ1n) is 18.3. The van der Waals surface area contributed by atoms with E-state index in [9.17, 15) is 25.9 Å². The maximum absolute atomic E-state index is 11.8. The van der Waals surface area contributed by atoms with Crippen molar-refractivity contribution in [2.24, 2.45) is 0 Å². The van der Waals surface area contributed by atoms with Crippen molar-refractivity contribution in [2.45, 2.75) is 70.3 Å². The van der Waals surface area contributed by atoms with Crippen LogP contribution in [-0.4, -0.2) is 52.1 Å². The van der Waals surface area contributed by atoms with Gasteiger partial charge in [0, 0.05) is 62.2 Å². The lowest BCUT2D eigenvalue weighted by atomic mass is 9.83. The topological polar surface area (TPSA) is 118 Å². The molecule has 0 bridgehead atoms. The van der Waals surface area contributed by atoms with Crippen LogP contribution < -0.4 is 14.7 Å². The van der Waals surface area contributed by atoms with E-state index in [1.54, 1.807) is 12.1 Å². The molecule has 0 aliphatic rings. The Morgan fingerprint density at radius 3 is 1.24 bits per heavy atom. The number of hydrogen-bond acceptors (Lipinski definition) is 7. The molecule has 0 aliphatic heterocycles. The van der Waals surface area contributed by atoms with Crippen molar-refractivity contribution in [2.75, 3.05) is 40.9 Å². The molecule has 9 nitrogen and oxygen atoms in total. The molecule has 0 aliphatic carbocycles. The highest BCUT2D eigenvalue weighted by atomic mass is 32.2. The average Bonchev–Trinajstić information content (AvgIpc) is 3.14. The second-order valence-corrected chi connectivity index (χ2v) is 16.4. The summed E-state index contributed by atoms with van der Waals surface area (Å²) in [6, 6.07) is 34.7. The molecule has 0 aromatic heterocycles. The standard InChI is InChI=1S/C43H51N3O6S2/c1-7-44(8-2)38-21-17-35(18-22-38)43(36-19-23-41(31(5)25-36)45(9-3)29-33-13-11-15-39(27-33)53(47,48)49)37-20-24-42(32(6)26-37)46(10-4)30-34-14-12-16-40(28-34)54(50,51)52/h11-28,43H,7-10,29-30H2,1-6H3,(H,47,48,49)(H,50,51,52). The van der Waals surface area contributed by atoms with Crippen LogP contribution in [0, 0.1) is 13.8 Å². The molecule has 0 atom stereocenters. The molecule has 2 N–H and O–H groups in total. The fraction of sp³-hybridized carbons (Fsp3) is 0.302. The molecule has 0 heterocycles. The largest absolute Gasteiger partial charge is 0.372 e. The minimum Gasteiger partial charge on any atom is -0.372 e. The van der Waals surface area contributed by atoms with E-state index in [-0.39, 0.29) is 15.7 Å². The van der Waals surface area contributed by atoms with Crippen LogP contribution in [0.5, 0.6) is 0 Å². The van der Waals surface area contributed by atoms with Crippen LogP contribution in [0.15, 0.2) is 119 Å². The number of benzene rings is 5. The quantitative estimate of drug-likeness (QED) is 0.0750. The molecule has 0 saturated carbocycles. The zero-order valence-electron chi connectivity index (χ0n) is 31.9. The van der Waals surface area contributed by atoms with Crippen molar-refractivity contribution in [3.8, 4) is 0 Å². The Morgan fingerprint density at radius 1 is 0.500 bits per heavy atom. The molecule has 0 amide bonds. The summed E-state index contributed by atoms with van der Waals surface area (Å²) in [4.78, 5) is 6.48. The van der Waals surface area contributed by atoms with E-state index >= 15 is 0 Å². The minimum absolute atomic E-state index is 0.0701. The Kier molecular flexibility index (Phi) is 12.9. The van der Waals surface area contributed by atoms with Gasteiger partial charge in [0.1, 0.15) is 0 Å². The van der Waals surface area contributed by atoms with E-state index in [1.165, 1.54) is 30.0 Å². The number of hydrogen-bond donors (Lipinski definition) is 2. The van der Waals surface area contributed by atoms with Gasteiger partial charge in [0.15, 0.2) is 0 Å². The Balaban J connectivity index is 1.52. The van der Waals surface area contributed by atoms with E-state index in [1.807, 2.05) is 12.1 Å². The lowest BCUT2D eigenvalue weighted by Crippen LogP contribution is -2.23. The summed E-state index contributed by atoms with van der Waals surface area (Å²) in [6.45, 7) is 16.8. The summed E-state index contributed by atoms with van der Waals surface area (Å²) in [5, 5.41) is 0. The molecule has 11 heteroatoms. The predicted octanol–water partition coefficient (Wildman–Crippen LogP) is 8.88. The number of aryl methyl sites for hydroxylation is 2. The van der Waals surface area contributed by atoms with Crippen LogP contribution in [0.25, 0.3) is 0 Å². The molecule has 0 spiro atoms. The highest BCUT2D eigenvalue weighted by Gasteiger charge is 2.22. The molecule has 0 radical (unpaired) electrons. The van der Waals surface area contributed by atoms with Gasteiger partial charge < -0.3 is 14.7 Å². The van der Waals surface area contributed by atoms with Gasteiger partial charge in [-0.3, -0.25) is 9.11 Å². The van der Waals surface area contributed by atoms with Crippen LogP contribution >= 0.6 is 0 Å². The zero-order valence-corrected chi connectivity index (χ0v) is 33.5. The number of anilines is 3. The summed E-state index contributed by atoms with van der Waals surface area (Å²) in [5.41, 5.74) is 10.4.